The number of hydrogen-bond donors (Lipinski definition) is 2. The van der Waals surface area contributed by atoms with Crippen molar-refractivity contribution in [2.24, 2.45) is 0 Å². The molecule has 0 fully saturated rings. The van der Waals surface area contributed by atoms with Gasteiger partial charge in [-0.2, -0.15) is 0 Å². The highest BCUT2D eigenvalue weighted by atomic mass is 32.2. The summed E-state index contributed by atoms with van der Waals surface area (Å²) >= 11 is 5.27. The van der Waals surface area contributed by atoms with Crippen LogP contribution in [0.2, 0.25) is 0 Å². The van der Waals surface area contributed by atoms with E-state index in [1.807, 2.05) is 0 Å². The number of aromatic carboxylic acids is 1. The molecule has 1 heterocycles. The first-order chi connectivity index (χ1) is 4.20. The van der Waals surface area contributed by atoms with Crippen molar-refractivity contribution >= 4 is 29.9 Å². The van der Waals surface area contributed by atoms with Crippen LogP contribution in [-0.4, -0.2) is 11.1 Å². The first-order valence-electron chi connectivity index (χ1n) is 2.21. The molecule has 1 aromatic heterocycles. The number of thiol groups is 1. The monoisotopic (exact) mass is 160 g/mol. The summed E-state index contributed by atoms with van der Waals surface area (Å²) in [6.45, 7) is 0. The molecule has 0 aliphatic heterocycles. The standard InChI is InChI=1S/C5H4O2S2/c6-5(7)3-1-4(8)9-2-3/h1-2,8H,(H,6,7). The highest BCUT2D eigenvalue weighted by Gasteiger charge is 2.02. The maximum atomic E-state index is 10.2. The van der Waals surface area contributed by atoms with Gasteiger partial charge in [-0.25, -0.2) is 4.79 Å². The van der Waals surface area contributed by atoms with Crippen molar-refractivity contribution in [3.8, 4) is 0 Å². The Morgan fingerprint density at radius 2 is 2.44 bits per heavy atom. The number of rotatable bonds is 1. The van der Waals surface area contributed by atoms with Gasteiger partial charge in [-0.1, -0.05) is 0 Å². The summed E-state index contributed by atoms with van der Waals surface area (Å²) in [5.41, 5.74) is 0.310. The molecule has 0 unspecified atom stereocenters. The zero-order valence-corrected chi connectivity index (χ0v) is 6.08. The summed E-state index contributed by atoms with van der Waals surface area (Å²) in [6.07, 6.45) is 0. The van der Waals surface area contributed by atoms with Gasteiger partial charge in [0, 0.05) is 5.38 Å². The third kappa shape index (κ3) is 1.46. The van der Waals surface area contributed by atoms with E-state index in [0.29, 0.717) is 5.56 Å². The van der Waals surface area contributed by atoms with Crippen LogP contribution in [0.3, 0.4) is 0 Å². The van der Waals surface area contributed by atoms with Crippen LogP contribution >= 0.6 is 24.0 Å². The molecule has 1 N–H and O–H groups in total. The normalized spacial score (nSPS) is 9.44. The molecule has 0 aliphatic rings. The second-order valence-electron chi connectivity index (χ2n) is 1.48. The van der Waals surface area contributed by atoms with Gasteiger partial charge in [0.2, 0.25) is 0 Å². The minimum absolute atomic E-state index is 0.310. The Balaban J connectivity index is 2.98. The van der Waals surface area contributed by atoms with Crippen LogP contribution in [0.1, 0.15) is 10.4 Å². The fraction of sp³-hybridized carbons (Fsp3) is 0. The van der Waals surface area contributed by atoms with E-state index < -0.39 is 5.97 Å². The van der Waals surface area contributed by atoms with E-state index in [0.717, 1.165) is 4.21 Å². The minimum atomic E-state index is -0.897. The van der Waals surface area contributed by atoms with Crippen LogP contribution in [0.4, 0.5) is 0 Å². The summed E-state index contributed by atoms with van der Waals surface area (Å²) in [5.74, 6) is -0.897. The smallest absolute Gasteiger partial charge is 0.336 e. The fourth-order valence-electron chi connectivity index (χ4n) is 0.437. The quantitative estimate of drug-likeness (QED) is 0.614. The Labute approximate surface area is 61.5 Å². The van der Waals surface area contributed by atoms with E-state index in [1.54, 1.807) is 5.38 Å². The summed E-state index contributed by atoms with van der Waals surface area (Å²) in [7, 11) is 0. The van der Waals surface area contributed by atoms with Crippen LogP contribution in [0.25, 0.3) is 0 Å². The molecule has 1 aromatic rings. The van der Waals surface area contributed by atoms with Gasteiger partial charge in [0.15, 0.2) is 0 Å². The van der Waals surface area contributed by atoms with Crippen LogP contribution in [0.15, 0.2) is 15.7 Å². The van der Waals surface area contributed by atoms with Gasteiger partial charge >= 0.3 is 5.97 Å². The third-order valence-corrected chi connectivity index (χ3v) is 2.01. The van der Waals surface area contributed by atoms with Gasteiger partial charge in [0.25, 0.3) is 0 Å². The molecule has 48 valence electrons. The van der Waals surface area contributed by atoms with Crippen molar-refractivity contribution in [1.82, 2.24) is 0 Å². The SMILES string of the molecule is O=C(O)c1csc(S)c1. The van der Waals surface area contributed by atoms with E-state index >= 15 is 0 Å². The van der Waals surface area contributed by atoms with Gasteiger partial charge in [-0.3, -0.25) is 0 Å². The lowest BCUT2D eigenvalue weighted by molar-refractivity contribution is 0.0697. The summed E-state index contributed by atoms with van der Waals surface area (Å²) in [5, 5.41) is 9.93. The van der Waals surface area contributed by atoms with Crippen LogP contribution in [-0.2, 0) is 0 Å². The van der Waals surface area contributed by atoms with Gasteiger partial charge in [0.05, 0.1) is 9.77 Å². The van der Waals surface area contributed by atoms with Crippen molar-refractivity contribution in [2.75, 3.05) is 0 Å². The maximum Gasteiger partial charge on any atom is 0.336 e. The molecular weight excluding hydrogens is 156 g/mol. The number of carboxylic acids is 1. The van der Waals surface area contributed by atoms with Crippen molar-refractivity contribution in [3.63, 3.8) is 0 Å². The first kappa shape index (κ1) is 6.64. The zero-order valence-electron chi connectivity index (χ0n) is 4.37. The van der Waals surface area contributed by atoms with Gasteiger partial charge in [-0.05, 0) is 6.07 Å². The Morgan fingerprint density at radius 1 is 1.78 bits per heavy atom. The highest BCUT2D eigenvalue weighted by Crippen LogP contribution is 2.17. The van der Waals surface area contributed by atoms with Crippen LogP contribution in [0.5, 0.6) is 0 Å². The van der Waals surface area contributed by atoms with Gasteiger partial charge in [-0.15, -0.1) is 24.0 Å². The summed E-state index contributed by atoms with van der Waals surface area (Å²) < 4.78 is 0.729. The van der Waals surface area contributed by atoms with Gasteiger partial charge in [0.1, 0.15) is 0 Å². The number of hydrogen-bond acceptors (Lipinski definition) is 3. The zero-order chi connectivity index (χ0) is 6.85. The van der Waals surface area contributed by atoms with Crippen molar-refractivity contribution in [1.29, 1.82) is 0 Å². The van der Waals surface area contributed by atoms with Crippen molar-refractivity contribution in [2.45, 2.75) is 4.21 Å². The van der Waals surface area contributed by atoms with E-state index in [1.165, 1.54) is 17.4 Å². The molecule has 0 saturated carbocycles. The molecule has 0 bridgehead atoms. The minimum Gasteiger partial charge on any atom is -0.478 e. The second-order valence-corrected chi connectivity index (χ2v) is 3.17. The molecule has 1 rings (SSSR count). The fourth-order valence-corrected chi connectivity index (χ4v) is 1.35. The highest BCUT2D eigenvalue weighted by molar-refractivity contribution is 7.82. The maximum absolute atomic E-state index is 10.2. The molecule has 4 heteroatoms. The van der Waals surface area contributed by atoms with E-state index in [4.69, 9.17) is 5.11 Å². The average Bonchev–Trinajstić information content (AvgIpc) is 2.14. The van der Waals surface area contributed by atoms with Crippen molar-refractivity contribution in [3.05, 3.63) is 17.0 Å². The Kier molecular flexibility index (Phi) is 1.78. The summed E-state index contributed by atoms with van der Waals surface area (Å²) in [6, 6.07) is 1.52. The number of thiophene rings is 1. The number of carbonyl (C=O) groups is 1. The lowest BCUT2D eigenvalue weighted by atomic mass is 10.4. The molecule has 0 aliphatic carbocycles. The van der Waals surface area contributed by atoms with Crippen LogP contribution < -0.4 is 0 Å². The molecule has 0 amide bonds. The predicted octanol–water partition coefficient (Wildman–Crippen LogP) is 1.74. The van der Waals surface area contributed by atoms with Crippen molar-refractivity contribution < 1.29 is 9.90 Å². The molecule has 2 nitrogen and oxygen atoms in total. The second kappa shape index (κ2) is 2.41. The number of carboxylic acid groups (broad SMARTS) is 1. The molecule has 0 spiro atoms. The largest absolute Gasteiger partial charge is 0.478 e. The molecule has 0 saturated heterocycles. The third-order valence-electron chi connectivity index (χ3n) is 0.833. The molecule has 0 atom stereocenters. The first-order valence-corrected chi connectivity index (χ1v) is 3.53. The van der Waals surface area contributed by atoms with E-state index in [-0.39, 0.29) is 0 Å². The predicted molar refractivity (Wildman–Crippen MR) is 38.5 cm³/mol. The molecule has 0 radical (unpaired) electrons. The van der Waals surface area contributed by atoms with Crippen LogP contribution in [0, 0.1) is 0 Å². The molecular formula is C5H4O2S2. The van der Waals surface area contributed by atoms with E-state index in [9.17, 15) is 4.79 Å². The van der Waals surface area contributed by atoms with Gasteiger partial charge < -0.3 is 5.11 Å². The Morgan fingerprint density at radius 3 is 2.67 bits per heavy atom. The topological polar surface area (TPSA) is 37.3 Å². The van der Waals surface area contributed by atoms with E-state index in [2.05, 4.69) is 12.6 Å². The Bertz CT molecular complexity index is 229. The Hall–Kier alpha value is -0.480. The summed E-state index contributed by atoms with van der Waals surface area (Å²) in [4.78, 5) is 10.2. The lowest BCUT2D eigenvalue weighted by Gasteiger charge is -1.79. The molecule has 0 aromatic carbocycles. The average molecular weight is 160 g/mol. The molecule has 9 heavy (non-hydrogen) atoms. The lowest BCUT2D eigenvalue weighted by Crippen LogP contribution is -1.91.